The molecule has 0 aliphatic heterocycles. The number of hydrogen-bond acceptors (Lipinski definition) is 4. The van der Waals surface area contributed by atoms with Crippen LogP contribution < -0.4 is 10.1 Å². The van der Waals surface area contributed by atoms with Gasteiger partial charge in [-0.05, 0) is 62.2 Å². The molecule has 1 fully saturated rings. The molecule has 4 heteroatoms. The zero-order valence-corrected chi connectivity index (χ0v) is 13.0. The molecule has 20 heavy (non-hydrogen) atoms. The molecule has 0 spiro atoms. The van der Waals surface area contributed by atoms with Crippen molar-refractivity contribution in [3.05, 3.63) is 24.3 Å². The Hall–Kier alpha value is -1.18. The highest BCUT2D eigenvalue weighted by Gasteiger charge is 2.41. The molecule has 0 amide bonds. The lowest BCUT2D eigenvalue weighted by atomic mass is 9.87. The fourth-order valence-corrected chi connectivity index (χ4v) is 3.96. The van der Waals surface area contributed by atoms with E-state index in [-0.39, 0.29) is 5.54 Å². The summed E-state index contributed by atoms with van der Waals surface area (Å²) in [4.78, 5) is 1.26. The van der Waals surface area contributed by atoms with Crippen LogP contribution in [0.5, 0.6) is 5.75 Å². The van der Waals surface area contributed by atoms with E-state index in [0.29, 0.717) is 5.92 Å². The van der Waals surface area contributed by atoms with Crippen LogP contribution in [0.3, 0.4) is 0 Å². The first-order valence-electron chi connectivity index (χ1n) is 7.11. The van der Waals surface area contributed by atoms with Crippen LogP contribution in [-0.4, -0.2) is 25.4 Å². The smallest absolute Gasteiger partial charge is 0.118 e. The molecule has 0 heterocycles. The summed E-state index contributed by atoms with van der Waals surface area (Å²) >= 11 is 1.86. The van der Waals surface area contributed by atoms with Crippen LogP contribution in [-0.2, 0) is 0 Å². The van der Waals surface area contributed by atoms with Gasteiger partial charge in [-0.2, -0.15) is 5.26 Å². The van der Waals surface area contributed by atoms with E-state index >= 15 is 0 Å². The lowest BCUT2D eigenvalue weighted by molar-refractivity contribution is 0.332. The zero-order valence-electron chi connectivity index (χ0n) is 12.2. The van der Waals surface area contributed by atoms with Crippen molar-refractivity contribution in [3.63, 3.8) is 0 Å². The van der Waals surface area contributed by atoms with Gasteiger partial charge >= 0.3 is 0 Å². The highest BCUT2D eigenvalue weighted by Crippen LogP contribution is 2.38. The minimum Gasteiger partial charge on any atom is -0.497 e. The van der Waals surface area contributed by atoms with Crippen molar-refractivity contribution in [2.75, 3.05) is 19.9 Å². The minimum atomic E-state index is -0.291. The Morgan fingerprint density at radius 3 is 2.80 bits per heavy atom. The molecule has 2 rings (SSSR count). The van der Waals surface area contributed by atoms with Gasteiger partial charge in [0.25, 0.3) is 0 Å². The summed E-state index contributed by atoms with van der Waals surface area (Å²) < 4.78 is 5.16. The van der Waals surface area contributed by atoms with Crippen molar-refractivity contribution < 1.29 is 4.74 Å². The number of rotatable bonds is 6. The zero-order chi connectivity index (χ0) is 14.4. The molecule has 1 aromatic carbocycles. The maximum absolute atomic E-state index is 9.43. The monoisotopic (exact) mass is 290 g/mol. The van der Waals surface area contributed by atoms with Gasteiger partial charge < -0.3 is 10.1 Å². The number of benzene rings is 1. The molecule has 1 aliphatic carbocycles. The standard InChI is InChI=1S/C16H22N2OS/c1-18-16(12-17)10-3-4-13(16)9-11-20-15-7-5-14(19-2)6-8-15/h5-8,13,18H,3-4,9-11H2,1-2H3. The van der Waals surface area contributed by atoms with Crippen LogP contribution in [0.1, 0.15) is 25.7 Å². The molecule has 1 aliphatic rings. The van der Waals surface area contributed by atoms with Crippen LogP contribution in [0.4, 0.5) is 0 Å². The average Bonchev–Trinajstić information content (AvgIpc) is 2.91. The summed E-state index contributed by atoms with van der Waals surface area (Å²) in [5.41, 5.74) is -0.291. The fraction of sp³-hybridized carbons (Fsp3) is 0.562. The maximum atomic E-state index is 9.43. The molecular weight excluding hydrogens is 268 g/mol. The Labute approximate surface area is 125 Å². The van der Waals surface area contributed by atoms with Crippen LogP contribution in [0, 0.1) is 17.2 Å². The Kier molecular flexibility index (Phi) is 5.33. The second kappa shape index (κ2) is 7.01. The number of nitrogens with one attached hydrogen (secondary N) is 1. The number of nitrogens with zero attached hydrogens (tertiary/aromatic N) is 1. The molecule has 108 valence electrons. The van der Waals surface area contributed by atoms with Gasteiger partial charge in [-0.15, -0.1) is 11.8 Å². The summed E-state index contributed by atoms with van der Waals surface area (Å²) in [5, 5.41) is 12.7. The Bertz CT molecular complexity index is 468. The lowest BCUT2D eigenvalue weighted by Gasteiger charge is -2.28. The molecule has 3 nitrogen and oxygen atoms in total. The highest BCUT2D eigenvalue weighted by atomic mass is 32.2. The van der Waals surface area contributed by atoms with Crippen LogP contribution in [0.2, 0.25) is 0 Å². The van der Waals surface area contributed by atoms with Gasteiger partial charge in [-0.3, -0.25) is 0 Å². The van der Waals surface area contributed by atoms with E-state index in [1.807, 2.05) is 30.9 Å². The van der Waals surface area contributed by atoms with Gasteiger partial charge in [0.05, 0.1) is 13.2 Å². The third kappa shape index (κ3) is 3.28. The molecule has 0 saturated heterocycles. The molecule has 2 atom stereocenters. The molecule has 0 aromatic heterocycles. The van der Waals surface area contributed by atoms with E-state index in [0.717, 1.165) is 37.2 Å². The Morgan fingerprint density at radius 2 is 2.20 bits per heavy atom. The van der Waals surface area contributed by atoms with E-state index < -0.39 is 0 Å². The van der Waals surface area contributed by atoms with Crippen molar-refractivity contribution in [2.45, 2.75) is 36.1 Å². The first kappa shape index (κ1) is 15.2. The minimum absolute atomic E-state index is 0.291. The number of methoxy groups -OCH3 is 1. The van der Waals surface area contributed by atoms with E-state index in [2.05, 4.69) is 23.5 Å². The van der Waals surface area contributed by atoms with Crippen molar-refractivity contribution in [2.24, 2.45) is 5.92 Å². The predicted molar refractivity (Wildman–Crippen MR) is 83.1 cm³/mol. The van der Waals surface area contributed by atoms with Crippen molar-refractivity contribution in [1.29, 1.82) is 5.26 Å². The van der Waals surface area contributed by atoms with Crippen LogP contribution >= 0.6 is 11.8 Å². The van der Waals surface area contributed by atoms with Gasteiger partial charge in [0.2, 0.25) is 0 Å². The first-order chi connectivity index (χ1) is 9.74. The fourth-order valence-electron chi connectivity index (χ4n) is 2.99. The molecule has 0 bridgehead atoms. The third-order valence-electron chi connectivity index (χ3n) is 4.26. The summed E-state index contributed by atoms with van der Waals surface area (Å²) in [6.07, 6.45) is 4.40. The third-order valence-corrected chi connectivity index (χ3v) is 5.31. The highest BCUT2D eigenvalue weighted by molar-refractivity contribution is 7.99. The molecule has 1 N–H and O–H groups in total. The second-order valence-corrected chi connectivity index (χ2v) is 6.40. The Morgan fingerprint density at radius 1 is 1.45 bits per heavy atom. The normalized spacial score (nSPS) is 25.4. The molecule has 2 unspecified atom stereocenters. The maximum Gasteiger partial charge on any atom is 0.118 e. The summed E-state index contributed by atoms with van der Waals surface area (Å²) in [7, 11) is 3.60. The second-order valence-electron chi connectivity index (χ2n) is 5.23. The van der Waals surface area contributed by atoms with E-state index in [1.54, 1.807) is 7.11 Å². The van der Waals surface area contributed by atoms with Gasteiger partial charge in [0.1, 0.15) is 11.3 Å². The number of ether oxygens (including phenoxy) is 1. The lowest BCUT2D eigenvalue weighted by Crippen LogP contribution is -2.44. The number of thioether (sulfide) groups is 1. The van der Waals surface area contributed by atoms with Crippen molar-refractivity contribution >= 4 is 11.8 Å². The number of hydrogen-bond donors (Lipinski definition) is 1. The van der Waals surface area contributed by atoms with E-state index in [9.17, 15) is 5.26 Å². The van der Waals surface area contributed by atoms with E-state index in [4.69, 9.17) is 4.74 Å². The average molecular weight is 290 g/mol. The predicted octanol–water partition coefficient (Wildman–Crippen LogP) is 3.46. The summed E-state index contributed by atoms with van der Waals surface area (Å²) in [6, 6.07) is 10.7. The van der Waals surface area contributed by atoms with Crippen LogP contribution in [0.15, 0.2) is 29.2 Å². The Balaban J connectivity index is 1.84. The van der Waals surface area contributed by atoms with Crippen LogP contribution in [0.25, 0.3) is 0 Å². The summed E-state index contributed by atoms with van der Waals surface area (Å²) in [6.45, 7) is 0. The molecule has 1 saturated carbocycles. The topological polar surface area (TPSA) is 45.0 Å². The van der Waals surface area contributed by atoms with E-state index in [1.165, 1.54) is 4.90 Å². The van der Waals surface area contributed by atoms with Gasteiger partial charge in [-0.25, -0.2) is 0 Å². The quantitative estimate of drug-likeness (QED) is 0.815. The summed E-state index contributed by atoms with van der Waals surface area (Å²) in [5.74, 6) is 2.43. The molecule has 1 aromatic rings. The molecular formula is C16H22N2OS. The van der Waals surface area contributed by atoms with Gasteiger partial charge in [-0.1, -0.05) is 6.42 Å². The SMILES string of the molecule is CNC1(C#N)CCCC1CCSc1ccc(OC)cc1. The first-order valence-corrected chi connectivity index (χ1v) is 8.09. The largest absolute Gasteiger partial charge is 0.497 e. The van der Waals surface area contributed by atoms with Crippen molar-refractivity contribution in [1.82, 2.24) is 5.32 Å². The van der Waals surface area contributed by atoms with Crippen molar-refractivity contribution in [3.8, 4) is 11.8 Å². The van der Waals surface area contributed by atoms with Gasteiger partial charge in [0.15, 0.2) is 0 Å². The number of nitriles is 1. The molecule has 0 radical (unpaired) electrons. The van der Waals surface area contributed by atoms with Gasteiger partial charge in [0, 0.05) is 4.90 Å².